The third-order valence-electron chi connectivity index (χ3n) is 5.22. The van der Waals surface area contributed by atoms with Gasteiger partial charge in [-0.25, -0.2) is 9.18 Å². The number of benzene rings is 2. The molecule has 6 heteroatoms. The van der Waals surface area contributed by atoms with Gasteiger partial charge < -0.3 is 15.1 Å². The number of amides is 2. The molecule has 1 unspecified atom stereocenters. The predicted octanol–water partition coefficient (Wildman–Crippen LogP) is 2.96. The quantitative estimate of drug-likeness (QED) is 0.832. The fourth-order valence-corrected chi connectivity index (χ4v) is 3.40. The summed E-state index contributed by atoms with van der Waals surface area (Å²) in [5, 5.41) is 3.18. The number of halogens is 1. The van der Waals surface area contributed by atoms with Crippen molar-refractivity contribution in [2.24, 2.45) is 0 Å². The van der Waals surface area contributed by atoms with Crippen molar-refractivity contribution in [3.05, 3.63) is 71.5 Å². The number of carbonyl (C=O) groups is 1. The monoisotopic (exact) mass is 384 g/mol. The maximum absolute atomic E-state index is 13.1. The molecule has 1 saturated heterocycles. The number of rotatable bonds is 6. The van der Waals surface area contributed by atoms with Crippen molar-refractivity contribution in [2.45, 2.75) is 12.6 Å². The molecule has 5 nitrogen and oxygen atoms in total. The first-order chi connectivity index (χ1) is 13.5. The molecule has 0 radical (unpaired) electrons. The van der Waals surface area contributed by atoms with E-state index in [1.54, 1.807) is 24.1 Å². The van der Waals surface area contributed by atoms with E-state index in [0.29, 0.717) is 6.54 Å². The molecule has 1 aliphatic heterocycles. The van der Waals surface area contributed by atoms with Crippen molar-refractivity contribution in [3.63, 3.8) is 0 Å². The second-order valence-corrected chi connectivity index (χ2v) is 7.50. The van der Waals surface area contributed by atoms with E-state index in [-0.39, 0.29) is 17.9 Å². The normalized spacial score (nSPS) is 16.5. The molecule has 1 atom stereocenters. The van der Waals surface area contributed by atoms with E-state index in [0.717, 1.165) is 43.9 Å². The standard InChI is InChI=1S/C22H29FN4O/c1-25-12-14-27(15-13-25)17-21(19-6-4-3-5-7-19)24-22(28)26(2)16-18-8-10-20(23)11-9-18/h3-11,21H,12-17H2,1-2H3,(H,24,28). The highest BCUT2D eigenvalue weighted by Gasteiger charge is 2.22. The fraction of sp³-hybridized carbons (Fsp3) is 0.409. The zero-order valence-electron chi connectivity index (χ0n) is 16.6. The maximum atomic E-state index is 13.1. The van der Waals surface area contributed by atoms with Gasteiger partial charge >= 0.3 is 6.03 Å². The Morgan fingerprint density at radius 1 is 1.07 bits per heavy atom. The third-order valence-corrected chi connectivity index (χ3v) is 5.22. The van der Waals surface area contributed by atoms with Gasteiger partial charge in [0.1, 0.15) is 5.82 Å². The third kappa shape index (κ3) is 5.78. The van der Waals surface area contributed by atoms with Crippen molar-refractivity contribution in [3.8, 4) is 0 Å². The van der Waals surface area contributed by atoms with Crippen molar-refractivity contribution < 1.29 is 9.18 Å². The Hall–Kier alpha value is -2.44. The molecule has 1 fully saturated rings. The van der Waals surface area contributed by atoms with Crippen LogP contribution in [0.2, 0.25) is 0 Å². The second kappa shape index (κ2) is 9.66. The van der Waals surface area contributed by atoms with Crippen LogP contribution in [0.4, 0.5) is 9.18 Å². The summed E-state index contributed by atoms with van der Waals surface area (Å²) in [6.45, 7) is 5.30. The summed E-state index contributed by atoms with van der Waals surface area (Å²) in [6.07, 6.45) is 0. The Balaban J connectivity index is 1.64. The van der Waals surface area contributed by atoms with Crippen molar-refractivity contribution in [2.75, 3.05) is 46.8 Å². The van der Waals surface area contributed by atoms with Crippen LogP contribution in [0.15, 0.2) is 54.6 Å². The van der Waals surface area contributed by atoms with Gasteiger partial charge in [0, 0.05) is 46.3 Å². The molecule has 2 amide bonds. The molecular weight excluding hydrogens is 355 g/mol. The average Bonchev–Trinajstić information content (AvgIpc) is 2.71. The number of urea groups is 1. The topological polar surface area (TPSA) is 38.8 Å². The van der Waals surface area contributed by atoms with Crippen LogP contribution in [-0.2, 0) is 6.54 Å². The number of likely N-dealkylation sites (N-methyl/N-ethyl adjacent to an activating group) is 1. The second-order valence-electron chi connectivity index (χ2n) is 7.50. The van der Waals surface area contributed by atoms with Gasteiger partial charge in [0.15, 0.2) is 0 Å². The van der Waals surface area contributed by atoms with Crippen molar-refractivity contribution >= 4 is 6.03 Å². The van der Waals surface area contributed by atoms with Gasteiger partial charge in [-0.05, 0) is 30.3 Å². The molecule has 0 aliphatic carbocycles. The predicted molar refractivity (Wildman–Crippen MR) is 110 cm³/mol. The SMILES string of the molecule is CN1CCN(CC(NC(=O)N(C)Cc2ccc(F)cc2)c2ccccc2)CC1. The van der Waals surface area contributed by atoms with Gasteiger partial charge in [0.25, 0.3) is 0 Å². The minimum Gasteiger partial charge on any atom is -0.330 e. The lowest BCUT2D eigenvalue weighted by molar-refractivity contribution is 0.140. The molecule has 0 saturated carbocycles. The lowest BCUT2D eigenvalue weighted by Crippen LogP contribution is -2.49. The van der Waals surface area contributed by atoms with Crippen molar-refractivity contribution in [1.29, 1.82) is 0 Å². The van der Waals surface area contributed by atoms with Crippen LogP contribution in [0.3, 0.4) is 0 Å². The van der Waals surface area contributed by atoms with E-state index in [1.807, 2.05) is 18.2 Å². The van der Waals surface area contributed by atoms with Crippen LogP contribution in [0.1, 0.15) is 17.2 Å². The summed E-state index contributed by atoms with van der Waals surface area (Å²) in [5.41, 5.74) is 2.00. The number of carbonyl (C=O) groups excluding carboxylic acids is 1. The average molecular weight is 384 g/mol. The fourth-order valence-electron chi connectivity index (χ4n) is 3.40. The van der Waals surface area contributed by atoms with E-state index >= 15 is 0 Å². The Bertz CT molecular complexity index is 745. The molecule has 150 valence electrons. The van der Waals surface area contributed by atoms with E-state index in [9.17, 15) is 9.18 Å². The van der Waals surface area contributed by atoms with Crippen LogP contribution >= 0.6 is 0 Å². The molecular formula is C22H29FN4O. The number of piperazine rings is 1. The van der Waals surface area contributed by atoms with Gasteiger partial charge in [-0.15, -0.1) is 0 Å². The molecule has 2 aromatic rings. The molecule has 1 heterocycles. The van der Waals surface area contributed by atoms with Crippen LogP contribution < -0.4 is 5.32 Å². The molecule has 0 aromatic heterocycles. The summed E-state index contributed by atoms with van der Waals surface area (Å²) in [5.74, 6) is -0.271. The smallest absolute Gasteiger partial charge is 0.317 e. The number of nitrogens with one attached hydrogen (secondary N) is 1. The van der Waals surface area contributed by atoms with Crippen LogP contribution in [0.5, 0.6) is 0 Å². The first kappa shape index (κ1) is 20.3. The van der Waals surface area contributed by atoms with Crippen LogP contribution in [-0.4, -0.2) is 67.5 Å². The highest BCUT2D eigenvalue weighted by atomic mass is 19.1. The molecule has 0 bridgehead atoms. The lowest BCUT2D eigenvalue weighted by Gasteiger charge is -2.35. The zero-order valence-corrected chi connectivity index (χ0v) is 16.6. The molecule has 28 heavy (non-hydrogen) atoms. The lowest BCUT2D eigenvalue weighted by atomic mass is 10.1. The highest BCUT2D eigenvalue weighted by Crippen LogP contribution is 2.16. The van der Waals surface area contributed by atoms with Crippen molar-refractivity contribution in [1.82, 2.24) is 20.0 Å². The molecule has 1 N–H and O–H groups in total. The van der Waals surface area contributed by atoms with Gasteiger partial charge in [-0.2, -0.15) is 0 Å². The molecule has 0 spiro atoms. The summed E-state index contributed by atoms with van der Waals surface area (Å²) >= 11 is 0. The van der Waals surface area contributed by atoms with E-state index in [2.05, 4.69) is 34.3 Å². The molecule has 2 aromatic carbocycles. The Labute approximate surface area is 166 Å². The minimum absolute atomic E-state index is 0.0761. The number of hydrogen-bond donors (Lipinski definition) is 1. The zero-order chi connectivity index (χ0) is 19.9. The Morgan fingerprint density at radius 3 is 2.36 bits per heavy atom. The number of nitrogens with zero attached hydrogens (tertiary/aromatic N) is 3. The summed E-state index contributed by atoms with van der Waals surface area (Å²) < 4.78 is 13.1. The van der Waals surface area contributed by atoms with E-state index < -0.39 is 0 Å². The largest absolute Gasteiger partial charge is 0.330 e. The summed E-state index contributed by atoms with van der Waals surface area (Å²) in [7, 11) is 3.90. The minimum atomic E-state index is -0.271. The molecule has 1 aliphatic rings. The van der Waals surface area contributed by atoms with Crippen LogP contribution in [0, 0.1) is 5.82 Å². The van der Waals surface area contributed by atoms with Gasteiger partial charge in [-0.1, -0.05) is 42.5 Å². The first-order valence-electron chi connectivity index (χ1n) is 9.73. The van der Waals surface area contributed by atoms with Crippen LogP contribution in [0.25, 0.3) is 0 Å². The Kier molecular flexibility index (Phi) is 7.01. The first-order valence-corrected chi connectivity index (χ1v) is 9.73. The van der Waals surface area contributed by atoms with Gasteiger partial charge in [0.05, 0.1) is 6.04 Å². The maximum Gasteiger partial charge on any atom is 0.317 e. The van der Waals surface area contributed by atoms with Gasteiger partial charge in [-0.3, -0.25) is 4.90 Å². The Morgan fingerprint density at radius 2 is 1.71 bits per heavy atom. The summed E-state index contributed by atoms with van der Waals surface area (Å²) in [4.78, 5) is 19.2. The number of hydrogen-bond acceptors (Lipinski definition) is 3. The van der Waals surface area contributed by atoms with E-state index in [4.69, 9.17) is 0 Å². The molecule has 3 rings (SSSR count). The van der Waals surface area contributed by atoms with E-state index in [1.165, 1.54) is 12.1 Å². The van der Waals surface area contributed by atoms with Gasteiger partial charge in [0.2, 0.25) is 0 Å². The highest BCUT2D eigenvalue weighted by molar-refractivity contribution is 5.74. The summed E-state index contributed by atoms with van der Waals surface area (Å²) in [6, 6.07) is 16.1.